The monoisotopic (exact) mass is 382 g/mol. The highest BCUT2D eigenvalue weighted by molar-refractivity contribution is 5.94. The number of rotatable bonds is 8. The third-order valence-corrected chi connectivity index (χ3v) is 4.71. The third kappa shape index (κ3) is 5.90. The molecule has 0 aliphatic carbocycles. The number of nitrogens with zero attached hydrogens (tertiary/aromatic N) is 1. The van der Waals surface area contributed by atoms with Crippen molar-refractivity contribution in [3.8, 4) is 5.75 Å². The zero-order valence-corrected chi connectivity index (χ0v) is 16.1. The van der Waals surface area contributed by atoms with E-state index < -0.39 is 0 Å². The summed E-state index contributed by atoms with van der Waals surface area (Å²) in [7, 11) is 0. The van der Waals surface area contributed by atoms with Crippen molar-refractivity contribution in [1.82, 2.24) is 10.2 Å². The normalized spacial score (nSPS) is 15.6. The Bertz CT molecular complexity index is 771. The lowest BCUT2D eigenvalue weighted by molar-refractivity contribution is -0.124. The fraction of sp³-hybridized carbons (Fsp3) is 0.364. The van der Waals surface area contributed by atoms with E-state index in [9.17, 15) is 9.59 Å². The van der Waals surface area contributed by atoms with Crippen molar-refractivity contribution in [2.45, 2.75) is 13.0 Å². The first-order chi connectivity index (χ1) is 13.6. The van der Waals surface area contributed by atoms with Crippen molar-refractivity contribution in [1.29, 1.82) is 0 Å². The number of carbonyl (C=O) groups is 2. The topological polar surface area (TPSA) is 67.9 Å². The molecule has 1 aliphatic heterocycles. The predicted molar refractivity (Wildman–Crippen MR) is 107 cm³/mol. The Morgan fingerprint density at radius 1 is 1.07 bits per heavy atom. The molecule has 1 saturated heterocycles. The second kappa shape index (κ2) is 10.0. The van der Waals surface area contributed by atoms with E-state index in [2.05, 4.69) is 10.2 Å². The molecular formula is C22H26N2O4. The standard InChI is InChI=1S/C22H26N2O4/c1-17(25)18-7-9-20(10-8-18)28-16-22(26)23-21(19-5-3-2-4-6-19)15-24-11-13-27-14-12-24/h2-10,21H,11-16H2,1H3,(H,23,26). The van der Waals surface area contributed by atoms with Crippen LogP contribution in [0.25, 0.3) is 0 Å². The van der Waals surface area contributed by atoms with E-state index in [-0.39, 0.29) is 24.3 Å². The molecule has 1 unspecified atom stereocenters. The number of carbonyl (C=O) groups excluding carboxylic acids is 2. The molecule has 6 heteroatoms. The molecule has 0 spiro atoms. The van der Waals surface area contributed by atoms with Crippen LogP contribution in [-0.4, -0.2) is 56.0 Å². The number of ether oxygens (including phenoxy) is 2. The van der Waals surface area contributed by atoms with Crippen LogP contribution < -0.4 is 10.1 Å². The van der Waals surface area contributed by atoms with Crippen molar-refractivity contribution in [3.63, 3.8) is 0 Å². The van der Waals surface area contributed by atoms with Crippen molar-refractivity contribution in [2.24, 2.45) is 0 Å². The molecular weight excluding hydrogens is 356 g/mol. The maximum absolute atomic E-state index is 12.5. The van der Waals surface area contributed by atoms with Gasteiger partial charge in [-0.15, -0.1) is 0 Å². The zero-order chi connectivity index (χ0) is 19.8. The fourth-order valence-corrected chi connectivity index (χ4v) is 3.13. The first-order valence-corrected chi connectivity index (χ1v) is 9.50. The molecule has 1 N–H and O–H groups in total. The van der Waals surface area contributed by atoms with Gasteiger partial charge in [-0.05, 0) is 36.8 Å². The number of hydrogen-bond donors (Lipinski definition) is 1. The van der Waals surface area contributed by atoms with Gasteiger partial charge in [0.25, 0.3) is 5.91 Å². The van der Waals surface area contributed by atoms with Gasteiger partial charge in [-0.2, -0.15) is 0 Å². The van der Waals surface area contributed by atoms with Crippen LogP contribution in [0.15, 0.2) is 54.6 Å². The number of morpholine rings is 1. The van der Waals surface area contributed by atoms with Crippen LogP contribution >= 0.6 is 0 Å². The molecule has 0 radical (unpaired) electrons. The lowest BCUT2D eigenvalue weighted by atomic mass is 10.1. The number of hydrogen-bond acceptors (Lipinski definition) is 5. The van der Waals surface area contributed by atoms with Crippen LogP contribution in [0.4, 0.5) is 0 Å². The Morgan fingerprint density at radius 2 is 1.75 bits per heavy atom. The Morgan fingerprint density at radius 3 is 2.39 bits per heavy atom. The molecule has 0 aromatic heterocycles. The molecule has 1 heterocycles. The molecule has 1 amide bonds. The van der Waals surface area contributed by atoms with E-state index in [4.69, 9.17) is 9.47 Å². The van der Waals surface area contributed by atoms with E-state index in [0.717, 1.165) is 38.4 Å². The Balaban J connectivity index is 1.57. The smallest absolute Gasteiger partial charge is 0.258 e. The molecule has 2 aromatic carbocycles. The first kappa shape index (κ1) is 20.0. The van der Waals surface area contributed by atoms with E-state index in [0.29, 0.717) is 11.3 Å². The van der Waals surface area contributed by atoms with Crippen LogP contribution in [0.5, 0.6) is 5.75 Å². The summed E-state index contributed by atoms with van der Waals surface area (Å²) in [6.07, 6.45) is 0. The Labute approximate surface area is 165 Å². The number of amides is 1. The van der Waals surface area contributed by atoms with E-state index in [1.54, 1.807) is 24.3 Å². The zero-order valence-electron chi connectivity index (χ0n) is 16.1. The minimum atomic E-state index is -0.183. The van der Waals surface area contributed by atoms with Gasteiger partial charge in [-0.1, -0.05) is 30.3 Å². The highest BCUT2D eigenvalue weighted by atomic mass is 16.5. The van der Waals surface area contributed by atoms with Crippen LogP contribution in [0, 0.1) is 0 Å². The molecule has 6 nitrogen and oxygen atoms in total. The van der Waals surface area contributed by atoms with Gasteiger partial charge in [0, 0.05) is 25.2 Å². The quantitative estimate of drug-likeness (QED) is 0.711. The highest BCUT2D eigenvalue weighted by Crippen LogP contribution is 2.16. The summed E-state index contributed by atoms with van der Waals surface area (Å²) in [6.45, 7) is 5.32. The summed E-state index contributed by atoms with van der Waals surface area (Å²) in [4.78, 5) is 26.1. The van der Waals surface area contributed by atoms with Crippen molar-refractivity contribution in [2.75, 3.05) is 39.5 Å². The minimum Gasteiger partial charge on any atom is -0.484 e. The fourth-order valence-electron chi connectivity index (χ4n) is 3.13. The van der Waals surface area contributed by atoms with Crippen LogP contribution in [0.1, 0.15) is 28.9 Å². The lowest BCUT2D eigenvalue weighted by Gasteiger charge is -2.31. The van der Waals surface area contributed by atoms with Crippen molar-refractivity contribution in [3.05, 3.63) is 65.7 Å². The number of nitrogens with one attached hydrogen (secondary N) is 1. The Kier molecular flexibility index (Phi) is 7.17. The van der Waals surface area contributed by atoms with Gasteiger partial charge in [0.15, 0.2) is 12.4 Å². The summed E-state index contributed by atoms with van der Waals surface area (Å²) in [5.41, 5.74) is 1.68. The molecule has 3 rings (SSSR count). The summed E-state index contributed by atoms with van der Waals surface area (Å²) in [6, 6.07) is 16.6. The summed E-state index contributed by atoms with van der Waals surface area (Å²) < 4.78 is 11.0. The largest absolute Gasteiger partial charge is 0.484 e. The molecule has 1 fully saturated rings. The Hall–Kier alpha value is -2.70. The van der Waals surface area contributed by atoms with Crippen molar-refractivity contribution >= 4 is 11.7 Å². The van der Waals surface area contributed by atoms with Gasteiger partial charge in [0.1, 0.15) is 5.75 Å². The minimum absolute atomic E-state index is 0.00175. The van der Waals surface area contributed by atoms with Gasteiger partial charge >= 0.3 is 0 Å². The second-order valence-corrected chi connectivity index (χ2v) is 6.81. The van der Waals surface area contributed by atoms with Gasteiger partial charge in [0.05, 0.1) is 19.3 Å². The molecule has 1 atom stereocenters. The molecule has 28 heavy (non-hydrogen) atoms. The van der Waals surface area contributed by atoms with E-state index in [1.807, 2.05) is 30.3 Å². The second-order valence-electron chi connectivity index (χ2n) is 6.81. The van der Waals surface area contributed by atoms with Crippen LogP contribution in [0.3, 0.4) is 0 Å². The molecule has 0 bridgehead atoms. The lowest BCUT2D eigenvalue weighted by Crippen LogP contribution is -2.44. The average Bonchev–Trinajstić information content (AvgIpc) is 2.73. The number of ketones is 1. The molecule has 1 aliphatic rings. The molecule has 148 valence electrons. The summed E-state index contributed by atoms with van der Waals surface area (Å²) in [5, 5.41) is 3.08. The first-order valence-electron chi connectivity index (χ1n) is 9.50. The molecule has 0 saturated carbocycles. The van der Waals surface area contributed by atoms with Crippen molar-refractivity contribution < 1.29 is 19.1 Å². The maximum Gasteiger partial charge on any atom is 0.258 e. The SMILES string of the molecule is CC(=O)c1ccc(OCC(=O)NC(CN2CCOCC2)c2ccccc2)cc1. The summed E-state index contributed by atoms with van der Waals surface area (Å²) >= 11 is 0. The average molecular weight is 382 g/mol. The summed E-state index contributed by atoms with van der Waals surface area (Å²) in [5.74, 6) is 0.375. The van der Waals surface area contributed by atoms with Gasteiger partial charge in [-0.3, -0.25) is 14.5 Å². The van der Waals surface area contributed by atoms with E-state index >= 15 is 0 Å². The predicted octanol–water partition coefficient (Wildman–Crippen LogP) is 2.46. The van der Waals surface area contributed by atoms with Gasteiger partial charge in [0.2, 0.25) is 0 Å². The molecule has 2 aromatic rings. The van der Waals surface area contributed by atoms with Gasteiger partial charge in [-0.25, -0.2) is 0 Å². The third-order valence-electron chi connectivity index (χ3n) is 4.71. The number of benzene rings is 2. The highest BCUT2D eigenvalue weighted by Gasteiger charge is 2.20. The number of Topliss-reactive ketones (excluding diaryl/α,β-unsaturated/α-hetero) is 1. The van der Waals surface area contributed by atoms with Gasteiger partial charge < -0.3 is 14.8 Å². The van der Waals surface area contributed by atoms with Crippen LogP contribution in [-0.2, 0) is 9.53 Å². The maximum atomic E-state index is 12.5. The van der Waals surface area contributed by atoms with E-state index in [1.165, 1.54) is 6.92 Å². The van der Waals surface area contributed by atoms with Crippen LogP contribution in [0.2, 0.25) is 0 Å².